The highest BCUT2D eigenvalue weighted by molar-refractivity contribution is 7.88. The molecule has 1 saturated heterocycles. The first-order chi connectivity index (χ1) is 13.2. The lowest BCUT2D eigenvalue weighted by Gasteiger charge is -2.32. The van der Waals surface area contributed by atoms with Gasteiger partial charge in [-0.3, -0.25) is 4.79 Å². The molecule has 1 aliphatic rings. The van der Waals surface area contributed by atoms with Crippen LogP contribution >= 0.6 is 11.3 Å². The van der Waals surface area contributed by atoms with Gasteiger partial charge in [-0.25, -0.2) is 18.1 Å². The Morgan fingerprint density at radius 3 is 2.75 bits per heavy atom. The number of fused-ring (bicyclic) bond motifs is 1. The SMILES string of the molecule is COCc1nc(OC)c2c(C)c(C(=O)N3CCCC(NS(C)(=O)=O)C3)sc2n1. The van der Waals surface area contributed by atoms with Gasteiger partial charge in [-0.1, -0.05) is 0 Å². The number of hydrogen-bond acceptors (Lipinski definition) is 8. The number of piperidine rings is 1. The van der Waals surface area contributed by atoms with Crippen molar-refractivity contribution in [3.05, 3.63) is 16.3 Å². The van der Waals surface area contributed by atoms with E-state index in [2.05, 4.69) is 14.7 Å². The fraction of sp³-hybridized carbons (Fsp3) is 0.588. The zero-order valence-electron chi connectivity index (χ0n) is 16.3. The summed E-state index contributed by atoms with van der Waals surface area (Å²) in [5.74, 6) is 0.776. The van der Waals surface area contributed by atoms with Gasteiger partial charge in [-0.2, -0.15) is 4.98 Å². The predicted octanol–water partition coefficient (Wildman–Crippen LogP) is 1.31. The highest BCUT2D eigenvalue weighted by atomic mass is 32.2. The minimum Gasteiger partial charge on any atom is -0.480 e. The number of aromatic nitrogens is 2. The van der Waals surface area contributed by atoms with E-state index >= 15 is 0 Å². The topological polar surface area (TPSA) is 111 Å². The summed E-state index contributed by atoms with van der Waals surface area (Å²) in [6.07, 6.45) is 2.58. The molecule has 3 heterocycles. The van der Waals surface area contributed by atoms with Crippen LogP contribution in [-0.4, -0.2) is 68.8 Å². The number of carbonyl (C=O) groups is 1. The summed E-state index contributed by atoms with van der Waals surface area (Å²) in [5, 5.41) is 0.721. The molecule has 0 saturated carbocycles. The Bertz CT molecular complexity index is 989. The molecular weight excluding hydrogens is 404 g/mol. The van der Waals surface area contributed by atoms with Gasteiger partial charge in [0.2, 0.25) is 15.9 Å². The number of carbonyl (C=O) groups excluding carboxylic acids is 1. The second kappa shape index (κ2) is 8.27. The molecule has 1 unspecified atom stereocenters. The Morgan fingerprint density at radius 2 is 2.11 bits per heavy atom. The molecule has 0 radical (unpaired) electrons. The van der Waals surface area contributed by atoms with Gasteiger partial charge in [-0.05, 0) is 25.3 Å². The van der Waals surface area contributed by atoms with Crippen LogP contribution in [0.25, 0.3) is 10.2 Å². The average molecular weight is 429 g/mol. The molecule has 9 nitrogen and oxygen atoms in total. The van der Waals surface area contributed by atoms with Gasteiger partial charge in [0.15, 0.2) is 5.82 Å². The first kappa shape index (κ1) is 20.9. The van der Waals surface area contributed by atoms with E-state index in [9.17, 15) is 13.2 Å². The van der Waals surface area contributed by atoms with Gasteiger partial charge in [-0.15, -0.1) is 11.3 Å². The Hall–Kier alpha value is -1.82. The molecule has 0 bridgehead atoms. The average Bonchev–Trinajstić information content (AvgIpc) is 2.96. The van der Waals surface area contributed by atoms with Crippen LogP contribution in [0.1, 0.15) is 33.9 Å². The van der Waals surface area contributed by atoms with Crippen molar-refractivity contribution in [1.82, 2.24) is 19.6 Å². The Morgan fingerprint density at radius 1 is 1.36 bits per heavy atom. The predicted molar refractivity (Wildman–Crippen MR) is 106 cm³/mol. The van der Waals surface area contributed by atoms with Crippen LogP contribution < -0.4 is 9.46 Å². The maximum Gasteiger partial charge on any atom is 0.264 e. The molecule has 0 aliphatic carbocycles. The van der Waals surface area contributed by atoms with Crippen molar-refractivity contribution in [3.8, 4) is 5.88 Å². The molecule has 0 aromatic carbocycles. The van der Waals surface area contributed by atoms with Gasteiger partial charge < -0.3 is 14.4 Å². The normalized spacial score (nSPS) is 17.9. The van der Waals surface area contributed by atoms with Crippen molar-refractivity contribution >= 4 is 37.5 Å². The van der Waals surface area contributed by atoms with Crippen molar-refractivity contribution < 1.29 is 22.7 Å². The number of methoxy groups -OCH3 is 2. The molecule has 1 fully saturated rings. The monoisotopic (exact) mass is 428 g/mol. The molecule has 154 valence electrons. The third-order valence-corrected chi connectivity index (χ3v) is 6.49. The van der Waals surface area contributed by atoms with Crippen LogP contribution in [0.4, 0.5) is 0 Å². The number of aryl methyl sites for hydroxylation is 1. The van der Waals surface area contributed by atoms with E-state index in [1.165, 1.54) is 18.4 Å². The molecule has 1 amide bonds. The van der Waals surface area contributed by atoms with Crippen molar-refractivity contribution in [3.63, 3.8) is 0 Å². The molecule has 2 aromatic rings. The van der Waals surface area contributed by atoms with Gasteiger partial charge in [0, 0.05) is 26.2 Å². The van der Waals surface area contributed by atoms with E-state index in [0.29, 0.717) is 40.9 Å². The van der Waals surface area contributed by atoms with Crippen LogP contribution in [0, 0.1) is 6.92 Å². The second-order valence-electron chi connectivity index (χ2n) is 6.80. The summed E-state index contributed by atoms with van der Waals surface area (Å²) < 4.78 is 36.1. The van der Waals surface area contributed by atoms with Gasteiger partial charge in [0.25, 0.3) is 5.91 Å². The Kier molecular flexibility index (Phi) is 6.18. The molecule has 1 aliphatic heterocycles. The molecule has 11 heteroatoms. The van der Waals surface area contributed by atoms with Crippen LogP contribution in [0.3, 0.4) is 0 Å². The summed E-state index contributed by atoms with van der Waals surface area (Å²) >= 11 is 1.29. The number of likely N-dealkylation sites (tertiary alicyclic amines) is 1. The van der Waals surface area contributed by atoms with E-state index in [0.717, 1.165) is 23.6 Å². The third-order valence-electron chi connectivity index (χ3n) is 4.55. The molecule has 3 rings (SSSR count). The number of nitrogens with zero attached hydrogens (tertiary/aromatic N) is 3. The number of thiophene rings is 1. The zero-order chi connectivity index (χ0) is 20.5. The largest absolute Gasteiger partial charge is 0.480 e. The van der Waals surface area contributed by atoms with Crippen molar-refractivity contribution in [2.24, 2.45) is 0 Å². The van der Waals surface area contributed by atoms with E-state index in [1.54, 1.807) is 12.0 Å². The number of hydrogen-bond donors (Lipinski definition) is 1. The number of amides is 1. The van der Waals surface area contributed by atoms with E-state index in [-0.39, 0.29) is 18.6 Å². The van der Waals surface area contributed by atoms with E-state index < -0.39 is 10.0 Å². The van der Waals surface area contributed by atoms with Crippen LogP contribution in [0.5, 0.6) is 5.88 Å². The maximum absolute atomic E-state index is 13.2. The van der Waals surface area contributed by atoms with Crippen molar-refractivity contribution in [2.45, 2.75) is 32.4 Å². The summed E-state index contributed by atoms with van der Waals surface area (Å²) in [5.41, 5.74) is 0.768. The maximum atomic E-state index is 13.2. The molecular formula is C17H24N4O5S2. The molecule has 1 N–H and O–H groups in total. The van der Waals surface area contributed by atoms with Crippen molar-refractivity contribution in [2.75, 3.05) is 33.6 Å². The van der Waals surface area contributed by atoms with E-state index in [4.69, 9.17) is 9.47 Å². The summed E-state index contributed by atoms with van der Waals surface area (Å²) in [6.45, 7) is 3.03. The lowest BCUT2D eigenvalue weighted by atomic mass is 10.1. The first-order valence-electron chi connectivity index (χ1n) is 8.83. The van der Waals surface area contributed by atoms with Gasteiger partial charge >= 0.3 is 0 Å². The highest BCUT2D eigenvalue weighted by Gasteiger charge is 2.29. The Labute approximate surface area is 168 Å². The second-order valence-corrected chi connectivity index (χ2v) is 9.58. The number of ether oxygens (including phenoxy) is 2. The fourth-order valence-electron chi connectivity index (χ4n) is 3.39. The highest BCUT2D eigenvalue weighted by Crippen LogP contribution is 2.36. The minimum absolute atomic E-state index is 0.129. The van der Waals surface area contributed by atoms with Crippen LogP contribution in [0.2, 0.25) is 0 Å². The molecule has 0 spiro atoms. The summed E-state index contributed by atoms with van der Waals surface area (Å²) in [7, 11) is -0.225. The summed E-state index contributed by atoms with van der Waals surface area (Å²) in [4.78, 5) is 24.9. The third kappa shape index (κ3) is 4.43. The summed E-state index contributed by atoms with van der Waals surface area (Å²) in [6, 6.07) is -0.273. The van der Waals surface area contributed by atoms with Crippen LogP contribution in [-0.2, 0) is 21.4 Å². The first-order valence-corrected chi connectivity index (χ1v) is 11.5. The Balaban J connectivity index is 1.92. The number of nitrogens with one attached hydrogen (secondary N) is 1. The lowest BCUT2D eigenvalue weighted by Crippen LogP contribution is -2.49. The fourth-order valence-corrected chi connectivity index (χ4v) is 5.35. The lowest BCUT2D eigenvalue weighted by molar-refractivity contribution is 0.0707. The van der Waals surface area contributed by atoms with E-state index in [1.807, 2.05) is 6.92 Å². The van der Waals surface area contributed by atoms with Crippen molar-refractivity contribution in [1.29, 1.82) is 0 Å². The zero-order valence-corrected chi connectivity index (χ0v) is 17.9. The minimum atomic E-state index is -3.32. The standard InChI is InChI=1S/C17H24N4O5S2/c1-10-13-15(26-3)18-12(9-25-2)19-16(13)27-14(10)17(22)21-7-5-6-11(8-21)20-28(4,23)24/h11,20H,5-9H2,1-4H3. The quantitative estimate of drug-likeness (QED) is 0.738. The molecule has 2 aromatic heterocycles. The smallest absolute Gasteiger partial charge is 0.264 e. The molecule has 28 heavy (non-hydrogen) atoms. The van der Waals surface area contributed by atoms with Gasteiger partial charge in [0.1, 0.15) is 11.4 Å². The van der Waals surface area contributed by atoms with Gasteiger partial charge in [0.05, 0.1) is 23.6 Å². The number of rotatable bonds is 6. The number of sulfonamides is 1. The molecule has 1 atom stereocenters. The van der Waals surface area contributed by atoms with Crippen LogP contribution in [0.15, 0.2) is 0 Å².